The molecule has 96 valence electrons. The monoisotopic (exact) mass is 276 g/mol. The van der Waals surface area contributed by atoms with E-state index in [-0.39, 0.29) is 36.8 Å². The Labute approximate surface area is 114 Å². The van der Waals surface area contributed by atoms with Gasteiger partial charge in [-0.3, -0.25) is 4.79 Å². The summed E-state index contributed by atoms with van der Waals surface area (Å²) in [6, 6.07) is 10.1. The summed E-state index contributed by atoms with van der Waals surface area (Å²) in [4.78, 5) is 13.5. The van der Waals surface area contributed by atoms with Crippen LogP contribution in [-0.2, 0) is 11.3 Å². The van der Waals surface area contributed by atoms with Crippen molar-refractivity contribution in [1.29, 1.82) is 0 Å². The number of halogens is 2. The van der Waals surface area contributed by atoms with Gasteiger partial charge in [-0.2, -0.15) is 0 Å². The molecule has 0 radical (unpaired) electrons. The van der Waals surface area contributed by atoms with E-state index in [1.54, 1.807) is 0 Å². The Bertz CT molecular complexity index is 346. The number of carbonyl (C=O) groups excluding carboxylic acids is 1. The van der Waals surface area contributed by atoms with Crippen molar-refractivity contribution in [3.8, 4) is 0 Å². The van der Waals surface area contributed by atoms with Gasteiger partial charge in [-0.15, -0.1) is 24.8 Å². The molecule has 1 atom stereocenters. The molecule has 1 amide bonds. The Morgan fingerprint density at radius 1 is 1.24 bits per heavy atom. The molecular weight excluding hydrogens is 259 g/mol. The van der Waals surface area contributed by atoms with Gasteiger partial charge in [-0.05, 0) is 12.0 Å². The van der Waals surface area contributed by atoms with Gasteiger partial charge >= 0.3 is 0 Å². The molecule has 1 unspecified atom stereocenters. The molecule has 0 bridgehead atoms. The molecule has 1 heterocycles. The van der Waals surface area contributed by atoms with Gasteiger partial charge in [-0.25, -0.2) is 0 Å². The molecule has 0 aromatic heterocycles. The molecule has 1 aliphatic rings. The van der Waals surface area contributed by atoms with Crippen LogP contribution in [0, 0.1) is 0 Å². The van der Waals surface area contributed by atoms with Crippen LogP contribution in [0.15, 0.2) is 30.3 Å². The lowest BCUT2D eigenvalue weighted by atomic mass is 10.0. The van der Waals surface area contributed by atoms with Crippen LogP contribution in [0.25, 0.3) is 0 Å². The summed E-state index contributed by atoms with van der Waals surface area (Å²) in [5.41, 5.74) is 6.92. The van der Waals surface area contributed by atoms with Crippen molar-refractivity contribution in [2.75, 3.05) is 6.54 Å². The predicted octanol–water partition coefficient (Wildman–Crippen LogP) is 1.98. The molecule has 17 heavy (non-hydrogen) atoms. The number of piperidine rings is 1. The van der Waals surface area contributed by atoms with Crippen molar-refractivity contribution in [3.63, 3.8) is 0 Å². The quantitative estimate of drug-likeness (QED) is 0.898. The van der Waals surface area contributed by atoms with E-state index in [2.05, 4.69) is 0 Å². The second-order valence-corrected chi connectivity index (χ2v) is 4.05. The maximum Gasteiger partial charge on any atom is 0.224 e. The van der Waals surface area contributed by atoms with Gasteiger partial charge in [0.05, 0.1) is 0 Å². The number of likely N-dealkylation sites (tertiary alicyclic amines) is 1. The van der Waals surface area contributed by atoms with Crippen molar-refractivity contribution >= 4 is 30.7 Å². The second kappa shape index (κ2) is 7.54. The second-order valence-electron chi connectivity index (χ2n) is 4.05. The zero-order chi connectivity index (χ0) is 10.7. The Morgan fingerprint density at radius 3 is 2.47 bits per heavy atom. The van der Waals surface area contributed by atoms with Crippen LogP contribution in [0.2, 0.25) is 0 Å². The lowest BCUT2D eigenvalue weighted by molar-refractivity contribution is -0.134. The number of nitrogens with two attached hydrogens (primary N) is 1. The molecule has 0 aliphatic carbocycles. The van der Waals surface area contributed by atoms with Gasteiger partial charge in [-0.1, -0.05) is 30.3 Å². The Kier molecular flexibility index (Phi) is 7.19. The number of hydrogen-bond acceptors (Lipinski definition) is 2. The topological polar surface area (TPSA) is 46.3 Å². The molecule has 1 aromatic rings. The highest BCUT2D eigenvalue weighted by atomic mass is 35.5. The molecule has 1 aromatic carbocycles. The molecule has 2 N–H and O–H groups in total. The van der Waals surface area contributed by atoms with Crippen LogP contribution >= 0.6 is 24.8 Å². The lowest BCUT2D eigenvalue weighted by Gasteiger charge is -2.30. The van der Waals surface area contributed by atoms with Crippen molar-refractivity contribution in [3.05, 3.63) is 35.9 Å². The average Bonchev–Trinajstić information content (AvgIpc) is 2.24. The van der Waals surface area contributed by atoms with Crippen LogP contribution < -0.4 is 5.73 Å². The fourth-order valence-corrected chi connectivity index (χ4v) is 1.87. The van der Waals surface area contributed by atoms with E-state index in [1.807, 2.05) is 35.2 Å². The van der Waals surface area contributed by atoms with E-state index in [0.717, 1.165) is 13.0 Å². The first kappa shape index (κ1) is 16.2. The summed E-state index contributed by atoms with van der Waals surface area (Å²) in [7, 11) is 0. The van der Waals surface area contributed by atoms with Crippen LogP contribution in [0.3, 0.4) is 0 Å². The van der Waals surface area contributed by atoms with Crippen molar-refractivity contribution in [1.82, 2.24) is 4.90 Å². The largest absolute Gasteiger partial charge is 0.338 e. The molecule has 1 aliphatic heterocycles. The molecule has 5 heteroatoms. The van der Waals surface area contributed by atoms with Crippen molar-refractivity contribution in [2.45, 2.75) is 25.4 Å². The van der Waals surface area contributed by atoms with E-state index in [9.17, 15) is 4.79 Å². The Balaban J connectivity index is 0.00000128. The molecular formula is C12H18Cl2N2O. The fraction of sp³-hybridized carbons (Fsp3) is 0.417. The SMILES string of the molecule is Cl.Cl.NC1CCN(Cc2ccccc2)C(=O)C1. The highest BCUT2D eigenvalue weighted by molar-refractivity contribution is 5.85. The third-order valence-corrected chi connectivity index (χ3v) is 2.78. The van der Waals surface area contributed by atoms with Gasteiger partial charge in [0.15, 0.2) is 0 Å². The summed E-state index contributed by atoms with van der Waals surface area (Å²) in [6.45, 7) is 1.50. The first-order valence-corrected chi connectivity index (χ1v) is 5.33. The summed E-state index contributed by atoms with van der Waals surface area (Å²) >= 11 is 0. The Hall–Kier alpha value is -0.770. The number of hydrogen-bond donors (Lipinski definition) is 1. The Morgan fingerprint density at radius 2 is 1.88 bits per heavy atom. The number of benzene rings is 1. The van der Waals surface area contributed by atoms with Gasteiger partial charge in [0.2, 0.25) is 5.91 Å². The molecule has 1 fully saturated rings. The van der Waals surface area contributed by atoms with Gasteiger partial charge in [0.25, 0.3) is 0 Å². The molecule has 2 rings (SSSR count). The van der Waals surface area contributed by atoms with Crippen molar-refractivity contribution in [2.24, 2.45) is 5.73 Å². The minimum atomic E-state index is 0. The summed E-state index contributed by atoms with van der Waals surface area (Å²) in [6.07, 6.45) is 1.41. The highest BCUT2D eigenvalue weighted by Crippen LogP contribution is 2.13. The number of amides is 1. The predicted molar refractivity (Wildman–Crippen MR) is 73.6 cm³/mol. The highest BCUT2D eigenvalue weighted by Gasteiger charge is 2.22. The van der Waals surface area contributed by atoms with Gasteiger partial charge in [0.1, 0.15) is 0 Å². The fourth-order valence-electron chi connectivity index (χ4n) is 1.87. The van der Waals surface area contributed by atoms with E-state index in [1.165, 1.54) is 5.56 Å². The molecule has 3 nitrogen and oxygen atoms in total. The van der Waals surface area contributed by atoms with Crippen LogP contribution in [-0.4, -0.2) is 23.4 Å². The average molecular weight is 277 g/mol. The molecule has 1 saturated heterocycles. The standard InChI is InChI=1S/C12H16N2O.2ClH/c13-11-6-7-14(12(15)8-11)9-10-4-2-1-3-5-10;;/h1-5,11H,6-9,13H2;2*1H. The summed E-state index contributed by atoms with van der Waals surface area (Å²) in [5.74, 6) is 0.178. The maximum absolute atomic E-state index is 11.7. The lowest BCUT2D eigenvalue weighted by Crippen LogP contribution is -2.43. The normalized spacial score (nSPS) is 19.2. The zero-order valence-corrected chi connectivity index (χ0v) is 11.2. The number of carbonyl (C=O) groups is 1. The molecule has 0 spiro atoms. The third-order valence-electron chi connectivity index (χ3n) is 2.78. The smallest absolute Gasteiger partial charge is 0.224 e. The van der Waals surface area contributed by atoms with E-state index in [0.29, 0.717) is 13.0 Å². The number of rotatable bonds is 2. The van der Waals surface area contributed by atoms with Gasteiger partial charge in [0, 0.05) is 25.6 Å². The maximum atomic E-state index is 11.7. The van der Waals surface area contributed by atoms with E-state index in [4.69, 9.17) is 5.73 Å². The molecule has 0 saturated carbocycles. The summed E-state index contributed by atoms with van der Waals surface area (Å²) < 4.78 is 0. The third kappa shape index (κ3) is 4.54. The summed E-state index contributed by atoms with van der Waals surface area (Å²) in [5, 5.41) is 0. The van der Waals surface area contributed by atoms with Crippen molar-refractivity contribution < 1.29 is 4.79 Å². The first-order valence-electron chi connectivity index (χ1n) is 5.33. The van der Waals surface area contributed by atoms with E-state index >= 15 is 0 Å². The minimum absolute atomic E-state index is 0. The minimum Gasteiger partial charge on any atom is -0.338 e. The van der Waals surface area contributed by atoms with Crippen LogP contribution in [0.1, 0.15) is 18.4 Å². The first-order chi connectivity index (χ1) is 7.25. The number of nitrogens with zero attached hydrogens (tertiary/aromatic N) is 1. The van der Waals surface area contributed by atoms with Crippen LogP contribution in [0.5, 0.6) is 0 Å². The van der Waals surface area contributed by atoms with Gasteiger partial charge < -0.3 is 10.6 Å². The van der Waals surface area contributed by atoms with Crippen LogP contribution in [0.4, 0.5) is 0 Å². The zero-order valence-electron chi connectivity index (χ0n) is 9.54. The van der Waals surface area contributed by atoms with E-state index < -0.39 is 0 Å².